The van der Waals surface area contributed by atoms with Crippen molar-refractivity contribution in [2.45, 2.75) is 25.8 Å². The number of ether oxygens (including phenoxy) is 1. The Morgan fingerprint density at radius 2 is 1.95 bits per heavy atom. The van der Waals surface area contributed by atoms with E-state index in [4.69, 9.17) is 9.73 Å². The second kappa shape index (κ2) is 5.49. The molecule has 102 valence electrons. The maximum atomic E-state index is 5.36. The molecule has 20 heavy (non-hydrogen) atoms. The zero-order valence-electron chi connectivity index (χ0n) is 12.0. The molecule has 1 heterocycles. The Hall–Kier alpha value is -2.09. The molecule has 1 aliphatic heterocycles. The summed E-state index contributed by atoms with van der Waals surface area (Å²) in [6.07, 6.45) is 2.09. The third kappa shape index (κ3) is 2.34. The number of hydrogen-bond donors (Lipinski definition) is 0. The highest BCUT2D eigenvalue weighted by molar-refractivity contribution is 6.14. The van der Waals surface area contributed by atoms with Crippen LogP contribution in [0.5, 0.6) is 5.75 Å². The van der Waals surface area contributed by atoms with Crippen molar-refractivity contribution in [1.29, 1.82) is 0 Å². The van der Waals surface area contributed by atoms with Gasteiger partial charge >= 0.3 is 0 Å². The summed E-state index contributed by atoms with van der Waals surface area (Å²) in [6.45, 7) is 2.20. The highest BCUT2D eigenvalue weighted by Crippen LogP contribution is 2.28. The summed E-state index contributed by atoms with van der Waals surface area (Å²) < 4.78 is 5.36. The largest absolute Gasteiger partial charge is 0.497 e. The van der Waals surface area contributed by atoms with E-state index in [2.05, 4.69) is 43.3 Å². The van der Waals surface area contributed by atoms with Gasteiger partial charge in [-0.1, -0.05) is 43.3 Å². The molecule has 0 aliphatic carbocycles. The topological polar surface area (TPSA) is 21.6 Å². The lowest BCUT2D eigenvalue weighted by Gasteiger charge is -2.23. The molecule has 0 fully saturated rings. The fourth-order valence-electron chi connectivity index (χ4n) is 2.69. The van der Waals surface area contributed by atoms with Crippen LogP contribution in [-0.4, -0.2) is 18.9 Å². The Morgan fingerprint density at radius 3 is 2.65 bits per heavy atom. The van der Waals surface area contributed by atoms with E-state index in [1.807, 2.05) is 12.1 Å². The van der Waals surface area contributed by atoms with Gasteiger partial charge in [-0.2, -0.15) is 0 Å². The fourth-order valence-corrected chi connectivity index (χ4v) is 2.69. The van der Waals surface area contributed by atoms with Gasteiger partial charge in [0.25, 0.3) is 0 Å². The van der Waals surface area contributed by atoms with Gasteiger partial charge in [0, 0.05) is 11.1 Å². The van der Waals surface area contributed by atoms with Gasteiger partial charge in [0.05, 0.1) is 18.9 Å². The van der Waals surface area contributed by atoms with Gasteiger partial charge in [-0.3, -0.25) is 4.99 Å². The Morgan fingerprint density at radius 1 is 1.15 bits per heavy atom. The standard InChI is InChI=1S/C18H19NO/c1-3-15-11-14-9-10-16(20-2)12-17(14)18(19-15)13-7-5-4-6-8-13/h4-10,12,15H,3,11H2,1-2H3. The molecule has 1 aliphatic rings. The van der Waals surface area contributed by atoms with Crippen molar-refractivity contribution >= 4 is 5.71 Å². The lowest BCUT2D eigenvalue weighted by molar-refractivity contribution is 0.414. The molecule has 0 bridgehead atoms. The van der Waals surface area contributed by atoms with E-state index in [-0.39, 0.29) is 0 Å². The minimum atomic E-state index is 0.381. The van der Waals surface area contributed by atoms with Crippen molar-refractivity contribution in [2.75, 3.05) is 7.11 Å². The molecule has 0 spiro atoms. The molecule has 0 saturated heterocycles. The SMILES string of the molecule is CCC1Cc2ccc(OC)cc2C(c2ccccc2)=N1. The van der Waals surface area contributed by atoms with Crippen molar-refractivity contribution in [3.8, 4) is 5.75 Å². The minimum absolute atomic E-state index is 0.381. The number of fused-ring (bicyclic) bond motifs is 1. The molecule has 1 unspecified atom stereocenters. The van der Waals surface area contributed by atoms with E-state index in [9.17, 15) is 0 Å². The second-order valence-corrected chi connectivity index (χ2v) is 5.13. The number of aliphatic imine (C=N–C) groups is 1. The number of methoxy groups -OCH3 is 1. The Labute approximate surface area is 120 Å². The molecule has 0 aromatic heterocycles. The first-order valence-electron chi connectivity index (χ1n) is 7.12. The first-order chi connectivity index (χ1) is 9.81. The van der Waals surface area contributed by atoms with Crippen LogP contribution in [-0.2, 0) is 6.42 Å². The zero-order valence-corrected chi connectivity index (χ0v) is 12.0. The fraction of sp³-hybridized carbons (Fsp3) is 0.278. The van der Waals surface area contributed by atoms with Gasteiger partial charge in [-0.15, -0.1) is 0 Å². The quantitative estimate of drug-likeness (QED) is 0.825. The lowest BCUT2D eigenvalue weighted by atomic mass is 9.89. The monoisotopic (exact) mass is 265 g/mol. The summed E-state index contributed by atoms with van der Waals surface area (Å²) in [5.41, 5.74) is 4.85. The summed E-state index contributed by atoms with van der Waals surface area (Å²) in [6, 6.07) is 17.1. The van der Waals surface area contributed by atoms with Crippen molar-refractivity contribution in [2.24, 2.45) is 4.99 Å². The first-order valence-corrected chi connectivity index (χ1v) is 7.12. The van der Waals surface area contributed by atoms with Crippen LogP contribution in [0.2, 0.25) is 0 Å². The summed E-state index contributed by atoms with van der Waals surface area (Å²) >= 11 is 0. The zero-order chi connectivity index (χ0) is 13.9. The molecule has 2 heteroatoms. The van der Waals surface area contributed by atoms with Gasteiger partial charge in [0.2, 0.25) is 0 Å². The highest BCUT2D eigenvalue weighted by atomic mass is 16.5. The van der Waals surface area contributed by atoms with Crippen LogP contribution >= 0.6 is 0 Å². The molecular weight excluding hydrogens is 246 g/mol. The second-order valence-electron chi connectivity index (χ2n) is 5.13. The lowest BCUT2D eigenvalue weighted by Crippen LogP contribution is -2.21. The van der Waals surface area contributed by atoms with Crippen LogP contribution in [0.3, 0.4) is 0 Å². The molecule has 0 saturated carbocycles. The van der Waals surface area contributed by atoms with Gasteiger partial charge < -0.3 is 4.74 Å². The van der Waals surface area contributed by atoms with E-state index in [0.29, 0.717) is 6.04 Å². The molecule has 0 N–H and O–H groups in total. The summed E-state index contributed by atoms with van der Waals surface area (Å²) in [5, 5.41) is 0. The molecule has 2 aromatic rings. The average molecular weight is 265 g/mol. The Balaban J connectivity index is 2.13. The third-order valence-electron chi connectivity index (χ3n) is 3.86. The van der Waals surface area contributed by atoms with Gasteiger partial charge in [0.1, 0.15) is 5.75 Å². The Bertz CT molecular complexity index is 631. The molecule has 0 radical (unpaired) electrons. The van der Waals surface area contributed by atoms with E-state index in [1.54, 1.807) is 7.11 Å². The van der Waals surface area contributed by atoms with Crippen LogP contribution in [0.25, 0.3) is 0 Å². The molecule has 1 atom stereocenters. The summed E-state index contributed by atoms with van der Waals surface area (Å²) in [7, 11) is 1.71. The maximum Gasteiger partial charge on any atom is 0.119 e. The first kappa shape index (κ1) is 12.9. The van der Waals surface area contributed by atoms with Crippen LogP contribution in [0.4, 0.5) is 0 Å². The van der Waals surface area contributed by atoms with Crippen LogP contribution in [0.1, 0.15) is 30.0 Å². The molecule has 2 aromatic carbocycles. The number of benzene rings is 2. The Kier molecular flexibility index (Phi) is 3.55. The predicted octanol–water partition coefficient (Wildman–Crippen LogP) is 3.87. The van der Waals surface area contributed by atoms with Crippen molar-refractivity contribution in [1.82, 2.24) is 0 Å². The van der Waals surface area contributed by atoms with Gasteiger partial charge in [-0.25, -0.2) is 0 Å². The molecular formula is C18H19NO. The smallest absolute Gasteiger partial charge is 0.119 e. The number of rotatable bonds is 3. The van der Waals surface area contributed by atoms with E-state index in [1.165, 1.54) is 16.7 Å². The minimum Gasteiger partial charge on any atom is -0.497 e. The maximum absolute atomic E-state index is 5.36. The number of nitrogens with zero attached hydrogens (tertiary/aromatic N) is 1. The van der Waals surface area contributed by atoms with Crippen LogP contribution in [0, 0.1) is 0 Å². The summed E-state index contributed by atoms with van der Waals surface area (Å²) in [5.74, 6) is 0.891. The normalized spacial score (nSPS) is 17.3. The third-order valence-corrected chi connectivity index (χ3v) is 3.86. The van der Waals surface area contributed by atoms with Crippen molar-refractivity contribution in [3.05, 3.63) is 65.2 Å². The number of hydrogen-bond acceptors (Lipinski definition) is 2. The van der Waals surface area contributed by atoms with Crippen molar-refractivity contribution in [3.63, 3.8) is 0 Å². The van der Waals surface area contributed by atoms with Gasteiger partial charge in [-0.05, 0) is 30.5 Å². The predicted molar refractivity (Wildman–Crippen MR) is 82.9 cm³/mol. The van der Waals surface area contributed by atoms with Crippen LogP contribution in [0.15, 0.2) is 53.5 Å². The van der Waals surface area contributed by atoms with Gasteiger partial charge in [0.15, 0.2) is 0 Å². The molecule has 3 rings (SSSR count). The molecule has 2 nitrogen and oxygen atoms in total. The molecule has 0 amide bonds. The van der Waals surface area contributed by atoms with E-state index in [0.717, 1.165) is 24.3 Å². The average Bonchev–Trinajstić information content (AvgIpc) is 2.54. The highest BCUT2D eigenvalue weighted by Gasteiger charge is 2.21. The van der Waals surface area contributed by atoms with Crippen LogP contribution < -0.4 is 4.74 Å². The van der Waals surface area contributed by atoms with Crippen molar-refractivity contribution < 1.29 is 4.74 Å². The van der Waals surface area contributed by atoms with E-state index < -0.39 is 0 Å². The summed E-state index contributed by atoms with van der Waals surface area (Å²) in [4.78, 5) is 4.95. The van der Waals surface area contributed by atoms with E-state index >= 15 is 0 Å².